The molecule has 19 heavy (non-hydrogen) atoms. The van der Waals surface area contributed by atoms with E-state index < -0.39 is 0 Å². The smallest absolute Gasteiger partial charge is 0.222 e. The minimum absolute atomic E-state index is 0.408. The van der Waals surface area contributed by atoms with Crippen molar-refractivity contribution < 1.29 is 4.79 Å². The molecule has 4 heteroatoms. The molecule has 110 valence electrons. The summed E-state index contributed by atoms with van der Waals surface area (Å²) in [6, 6.07) is 0. The summed E-state index contributed by atoms with van der Waals surface area (Å²) in [5.41, 5.74) is 0. The Morgan fingerprint density at radius 3 is 2.21 bits per heavy atom. The van der Waals surface area contributed by atoms with Gasteiger partial charge in [0, 0.05) is 44.5 Å². The van der Waals surface area contributed by atoms with E-state index in [4.69, 9.17) is 0 Å². The summed E-state index contributed by atoms with van der Waals surface area (Å²) in [5.74, 6) is 1.07. The first-order chi connectivity index (χ1) is 9.29. The molecule has 2 fully saturated rings. The Bertz CT molecular complexity index is 269. The molecule has 1 saturated carbocycles. The second kappa shape index (κ2) is 8.25. The fourth-order valence-corrected chi connectivity index (χ4v) is 3.79. The topological polar surface area (TPSA) is 23.6 Å². The van der Waals surface area contributed by atoms with Crippen LogP contribution in [0.25, 0.3) is 0 Å². The highest BCUT2D eigenvalue weighted by Gasteiger charge is 2.23. The number of hydrogen-bond acceptors (Lipinski definition) is 2. The molecule has 1 aliphatic heterocycles. The monoisotopic (exact) mass is 330 g/mol. The number of amides is 1. The van der Waals surface area contributed by atoms with Crippen LogP contribution in [-0.2, 0) is 4.79 Å². The molecule has 0 unspecified atom stereocenters. The van der Waals surface area contributed by atoms with Gasteiger partial charge in [-0.1, -0.05) is 41.6 Å². The van der Waals surface area contributed by atoms with Crippen molar-refractivity contribution in [2.45, 2.75) is 44.9 Å². The van der Waals surface area contributed by atoms with E-state index in [0.29, 0.717) is 11.8 Å². The Labute approximate surface area is 125 Å². The van der Waals surface area contributed by atoms with Gasteiger partial charge in [0.2, 0.25) is 5.91 Å². The van der Waals surface area contributed by atoms with Crippen LogP contribution < -0.4 is 0 Å². The zero-order valence-electron chi connectivity index (χ0n) is 12.0. The second-order valence-corrected chi connectivity index (χ2v) is 6.77. The molecule has 0 aromatic rings. The van der Waals surface area contributed by atoms with Gasteiger partial charge in [-0.25, -0.2) is 0 Å². The van der Waals surface area contributed by atoms with Gasteiger partial charge < -0.3 is 4.90 Å². The molecule has 0 atom stereocenters. The largest absolute Gasteiger partial charge is 0.340 e. The maximum atomic E-state index is 12.3. The summed E-state index contributed by atoms with van der Waals surface area (Å²) in [5, 5.41) is 1.03. The molecule has 1 amide bonds. The van der Waals surface area contributed by atoms with Crippen molar-refractivity contribution in [1.82, 2.24) is 9.80 Å². The number of rotatable bonds is 4. The van der Waals surface area contributed by atoms with Crippen molar-refractivity contribution in [3.05, 3.63) is 0 Å². The average Bonchev–Trinajstić information content (AvgIpc) is 2.68. The molecular weight excluding hydrogens is 304 g/mol. The molecule has 1 heterocycles. The highest BCUT2D eigenvalue weighted by molar-refractivity contribution is 9.09. The van der Waals surface area contributed by atoms with Gasteiger partial charge in [-0.2, -0.15) is 0 Å². The quantitative estimate of drug-likeness (QED) is 0.584. The van der Waals surface area contributed by atoms with Crippen molar-refractivity contribution in [2.24, 2.45) is 5.92 Å². The Balaban J connectivity index is 1.71. The van der Waals surface area contributed by atoms with Crippen LogP contribution >= 0.6 is 15.9 Å². The molecule has 0 N–H and O–H groups in total. The van der Waals surface area contributed by atoms with Crippen LogP contribution in [0.15, 0.2) is 0 Å². The molecule has 2 rings (SSSR count). The molecule has 0 spiro atoms. The third kappa shape index (κ3) is 5.07. The maximum absolute atomic E-state index is 12.3. The zero-order chi connectivity index (χ0) is 13.5. The number of nitrogens with zero attached hydrogens (tertiary/aromatic N) is 2. The van der Waals surface area contributed by atoms with E-state index in [1.165, 1.54) is 38.5 Å². The van der Waals surface area contributed by atoms with Crippen molar-refractivity contribution in [1.29, 1.82) is 0 Å². The number of carbonyl (C=O) groups is 1. The molecule has 1 aliphatic carbocycles. The van der Waals surface area contributed by atoms with E-state index in [1.54, 1.807) is 0 Å². The molecule has 0 bridgehead atoms. The minimum Gasteiger partial charge on any atom is -0.340 e. The van der Waals surface area contributed by atoms with Crippen LogP contribution in [-0.4, -0.2) is 53.8 Å². The standard InChI is InChI=1S/C15H27BrN2O/c16-7-8-17-9-11-18(12-10-17)15(19)13-14-5-3-1-2-4-6-14/h14H,1-13H2. The Hall–Kier alpha value is -0.0900. The molecule has 0 radical (unpaired) electrons. The zero-order valence-corrected chi connectivity index (χ0v) is 13.5. The summed E-state index contributed by atoms with van der Waals surface area (Å²) < 4.78 is 0. The van der Waals surface area contributed by atoms with Crippen LogP contribution in [0.1, 0.15) is 44.9 Å². The molecule has 0 aromatic carbocycles. The first kappa shape index (κ1) is 15.3. The van der Waals surface area contributed by atoms with E-state index in [1.807, 2.05) is 0 Å². The van der Waals surface area contributed by atoms with Crippen molar-refractivity contribution in [2.75, 3.05) is 38.1 Å². The highest BCUT2D eigenvalue weighted by Crippen LogP contribution is 2.26. The number of hydrogen-bond donors (Lipinski definition) is 0. The highest BCUT2D eigenvalue weighted by atomic mass is 79.9. The molecule has 0 aromatic heterocycles. The van der Waals surface area contributed by atoms with Gasteiger partial charge in [-0.3, -0.25) is 9.69 Å². The summed E-state index contributed by atoms with van der Waals surface area (Å²) in [4.78, 5) is 16.9. The lowest BCUT2D eigenvalue weighted by molar-refractivity contribution is -0.134. The number of halogens is 1. The molecule has 2 aliphatic rings. The van der Waals surface area contributed by atoms with Gasteiger partial charge in [0.25, 0.3) is 0 Å². The Kier molecular flexibility index (Phi) is 6.65. The lowest BCUT2D eigenvalue weighted by Crippen LogP contribution is -2.49. The third-order valence-electron chi connectivity index (χ3n) is 4.56. The van der Waals surface area contributed by atoms with Crippen molar-refractivity contribution in [3.8, 4) is 0 Å². The van der Waals surface area contributed by atoms with E-state index in [0.717, 1.165) is 44.5 Å². The normalized spacial score (nSPS) is 23.3. The second-order valence-electron chi connectivity index (χ2n) is 5.97. The summed E-state index contributed by atoms with van der Waals surface area (Å²) in [7, 11) is 0. The minimum atomic E-state index is 0.408. The lowest BCUT2D eigenvalue weighted by atomic mass is 9.96. The number of piperazine rings is 1. The van der Waals surface area contributed by atoms with Crippen LogP contribution in [0, 0.1) is 5.92 Å². The Morgan fingerprint density at radius 2 is 1.63 bits per heavy atom. The van der Waals surface area contributed by atoms with Crippen LogP contribution in [0.2, 0.25) is 0 Å². The van der Waals surface area contributed by atoms with Gasteiger partial charge in [-0.15, -0.1) is 0 Å². The average molecular weight is 331 g/mol. The van der Waals surface area contributed by atoms with Crippen molar-refractivity contribution in [3.63, 3.8) is 0 Å². The van der Waals surface area contributed by atoms with E-state index in [-0.39, 0.29) is 0 Å². The number of carbonyl (C=O) groups excluding carboxylic acids is 1. The number of alkyl halides is 1. The van der Waals surface area contributed by atoms with Gasteiger partial charge in [-0.05, 0) is 18.8 Å². The molecule has 1 saturated heterocycles. The van der Waals surface area contributed by atoms with E-state index >= 15 is 0 Å². The van der Waals surface area contributed by atoms with Gasteiger partial charge in [0.05, 0.1) is 0 Å². The Morgan fingerprint density at radius 1 is 1.00 bits per heavy atom. The van der Waals surface area contributed by atoms with E-state index in [2.05, 4.69) is 25.7 Å². The van der Waals surface area contributed by atoms with Gasteiger partial charge in [0.1, 0.15) is 0 Å². The van der Waals surface area contributed by atoms with Crippen LogP contribution in [0.5, 0.6) is 0 Å². The van der Waals surface area contributed by atoms with Crippen LogP contribution in [0.4, 0.5) is 0 Å². The summed E-state index contributed by atoms with van der Waals surface area (Å²) >= 11 is 3.48. The predicted octanol–water partition coefficient (Wildman–Crippen LogP) is 2.89. The summed E-state index contributed by atoms with van der Waals surface area (Å²) in [6.45, 7) is 5.05. The molecular formula is C15H27BrN2O. The van der Waals surface area contributed by atoms with Gasteiger partial charge in [0.15, 0.2) is 0 Å². The van der Waals surface area contributed by atoms with Crippen molar-refractivity contribution >= 4 is 21.8 Å². The fraction of sp³-hybridized carbons (Fsp3) is 0.933. The summed E-state index contributed by atoms with van der Waals surface area (Å²) in [6.07, 6.45) is 8.75. The van der Waals surface area contributed by atoms with E-state index in [9.17, 15) is 4.79 Å². The van der Waals surface area contributed by atoms with Crippen LogP contribution in [0.3, 0.4) is 0 Å². The van der Waals surface area contributed by atoms with Gasteiger partial charge >= 0.3 is 0 Å². The third-order valence-corrected chi connectivity index (χ3v) is 4.92. The maximum Gasteiger partial charge on any atom is 0.222 e. The first-order valence-corrected chi connectivity index (χ1v) is 8.98. The fourth-order valence-electron chi connectivity index (χ4n) is 3.28. The predicted molar refractivity (Wildman–Crippen MR) is 82.6 cm³/mol. The molecule has 3 nitrogen and oxygen atoms in total. The first-order valence-electron chi connectivity index (χ1n) is 7.85. The lowest BCUT2D eigenvalue weighted by Gasteiger charge is -2.35. The SMILES string of the molecule is O=C(CC1CCCCCC1)N1CCN(CCBr)CC1.